The molecule has 24 heavy (non-hydrogen) atoms. The first-order chi connectivity index (χ1) is 11.2. The van der Waals surface area contributed by atoms with Gasteiger partial charge in [0, 0.05) is 19.1 Å². The van der Waals surface area contributed by atoms with Gasteiger partial charge in [0.2, 0.25) is 0 Å². The molecule has 0 atom stereocenters. The number of hydrogen-bond acceptors (Lipinski definition) is 3. The van der Waals surface area contributed by atoms with Crippen LogP contribution in [0.25, 0.3) is 11.0 Å². The van der Waals surface area contributed by atoms with Crippen LogP contribution in [0.2, 0.25) is 5.02 Å². The minimum absolute atomic E-state index is 0.119. The van der Waals surface area contributed by atoms with E-state index in [0.717, 1.165) is 11.1 Å². The smallest absolute Gasteiger partial charge is 0.295 e. The Bertz CT molecular complexity index is 1100. The SMILES string of the molecule is Cc1cc2c(cc1NS(=O)(=O)c1ccc(Cl)cc1)n(C)c(=O)n2C. The number of aryl methyl sites for hydroxylation is 3. The van der Waals surface area contributed by atoms with Crippen LogP contribution >= 0.6 is 11.6 Å². The molecule has 0 saturated carbocycles. The van der Waals surface area contributed by atoms with E-state index in [-0.39, 0.29) is 10.6 Å². The molecule has 3 aromatic rings. The predicted octanol–water partition coefficient (Wildman–Crippen LogP) is 2.64. The monoisotopic (exact) mass is 365 g/mol. The van der Waals surface area contributed by atoms with E-state index in [9.17, 15) is 13.2 Å². The van der Waals surface area contributed by atoms with Crippen LogP contribution in [0, 0.1) is 6.92 Å². The van der Waals surface area contributed by atoms with Gasteiger partial charge in [0.05, 0.1) is 21.6 Å². The number of nitrogens with zero attached hydrogens (tertiary/aromatic N) is 2. The summed E-state index contributed by atoms with van der Waals surface area (Å²) in [6, 6.07) is 9.38. The van der Waals surface area contributed by atoms with E-state index in [4.69, 9.17) is 11.6 Å². The molecule has 0 aliphatic heterocycles. The third-order valence-electron chi connectivity index (χ3n) is 3.99. The van der Waals surface area contributed by atoms with Gasteiger partial charge in [-0.2, -0.15) is 0 Å². The van der Waals surface area contributed by atoms with E-state index in [1.807, 2.05) is 0 Å². The average molecular weight is 366 g/mol. The van der Waals surface area contributed by atoms with E-state index in [1.54, 1.807) is 33.2 Å². The molecule has 0 fully saturated rings. The molecule has 1 heterocycles. The first-order valence-corrected chi connectivity index (χ1v) is 9.01. The zero-order chi connectivity index (χ0) is 17.6. The lowest BCUT2D eigenvalue weighted by Gasteiger charge is -2.11. The fourth-order valence-electron chi connectivity index (χ4n) is 2.58. The number of halogens is 1. The molecule has 0 spiro atoms. The van der Waals surface area contributed by atoms with E-state index >= 15 is 0 Å². The zero-order valence-electron chi connectivity index (χ0n) is 13.4. The molecule has 0 aliphatic rings. The largest absolute Gasteiger partial charge is 0.328 e. The van der Waals surface area contributed by atoms with Crippen LogP contribution in [0.4, 0.5) is 5.69 Å². The summed E-state index contributed by atoms with van der Waals surface area (Å²) >= 11 is 5.80. The summed E-state index contributed by atoms with van der Waals surface area (Å²) in [4.78, 5) is 12.1. The summed E-state index contributed by atoms with van der Waals surface area (Å²) in [7, 11) is -0.408. The normalized spacial score (nSPS) is 11.8. The Balaban J connectivity index is 2.10. The van der Waals surface area contributed by atoms with Crippen molar-refractivity contribution >= 4 is 38.3 Å². The summed E-state index contributed by atoms with van der Waals surface area (Å²) in [5.41, 5.74) is 2.39. The lowest BCUT2D eigenvalue weighted by atomic mass is 10.2. The third-order valence-corrected chi connectivity index (χ3v) is 5.62. The van der Waals surface area contributed by atoms with E-state index in [1.165, 1.54) is 33.4 Å². The molecule has 0 saturated heterocycles. The van der Waals surface area contributed by atoms with Gasteiger partial charge in [0.25, 0.3) is 10.0 Å². The van der Waals surface area contributed by atoms with Crippen LogP contribution in [-0.4, -0.2) is 17.6 Å². The molecule has 1 aromatic heterocycles. The van der Waals surface area contributed by atoms with Gasteiger partial charge in [-0.15, -0.1) is 0 Å². The molecule has 6 nitrogen and oxygen atoms in total. The van der Waals surface area contributed by atoms with Crippen molar-refractivity contribution in [2.24, 2.45) is 14.1 Å². The second-order valence-corrected chi connectivity index (χ2v) is 7.73. The number of imidazole rings is 1. The van der Waals surface area contributed by atoms with Gasteiger partial charge >= 0.3 is 5.69 Å². The fraction of sp³-hybridized carbons (Fsp3) is 0.188. The van der Waals surface area contributed by atoms with Crippen LogP contribution in [-0.2, 0) is 24.1 Å². The molecule has 2 aromatic carbocycles. The summed E-state index contributed by atoms with van der Waals surface area (Å²) < 4.78 is 30.6. The predicted molar refractivity (Wildman–Crippen MR) is 95.2 cm³/mol. The Morgan fingerprint density at radius 2 is 1.54 bits per heavy atom. The molecule has 0 amide bonds. The number of benzene rings is 2. The van der Waals surface area contributed by atoms with Crippen LogP contribution in [0.1, 0.15) is 5.56 Å². The van der Waals surface area contributed by atoms with Gasteiger partial charge in [0.1, 0.15) is 0 Å². The summed E-state index contributed by atoms with van der Waals surface area (Å²) in [6.45, 7) is 1.79. The fourth-order valence-corrected chi connectivity index (χ4v) is 3.82. The van der Waals surface area contributed by atoms with Crippen LogP contribution in [0.3, 0.4) is 0 Å². The summed E-state index contributed by atoms with van der Waals surface area (Å²) in [5.74, 6) is 0. The maximum atomic E-state index is 12.5. The average Bonchev–Trinajstić information content (AvgIpc) is 2.73. The first-order valence-electron chi connectivity index (χ1n) is 7.15. The molecule has 0 aliphatic carbocycles. The van der Waals surface area contributed by atoms with Gasteiger partial charge in [-0.25, -0.2) is 13.2 Å². The Hall–Kier alpha value is -2.25. The first kappa shape index (κ1) is 16.6. The lowest BCUT2D eigenvalue weighted by Crippen LogP contribution is -2.19. The highest BCUT2D eigenvalue weighted by Gasteiger charge is 2.17. The van der Waals surface area contributed by atoms with Crippen molar-refractivity contribution in [3.05, 3.63) is 57.5 Å². The topological polar surface area (TPSA) is 73.1 Å². The van der Waals surface area contributed by atoms with Crippen molar-refractivity contribution in [3.63, 3.8) is 0 Å². The summed E-state index contributed by atoms with van der Waals surface area (Å²) in [5, 5.41) is 0.464. The Labute approximate surface area is 144 Å². The third kappa shape index (κ3) is 2.70. The Morgan fingerprint density at radius 3 is 2.12 bits per heavy atom. The number of fused-ring (bicyclic) bond motifs is 1. The van der Waals surface area contributed by atoms with Gasteiger partial charge in [-0.05, 0) is 48.9 Å². The van der Waals surface area contributed by atoms with E-state index in [2.05, 4.69) is 4.72 Å². The van der Waals surface area contributed by atoms with Gasteiger partial charge in [0.15, 0.2) is 0 Å². The van der Waals surface area contributed by atoms with E-state index < -0.39 is 10.0 Å². The highest BCUT2D eigenvalue weighted by Crippen LogP contribution is 2.25. The number of aromatic nitrogens is 2. The molecular weight excluding hydrogens is 350 g/mol. The number of nitrogens with one attached hydrogen (secondary N) is 1. The molecule has 1 N–H and O–H groups in total. The number of hydrogen-bond donors (Lipinski definition) is 1. The Morgan fingerprint density at radius 1 is 1.00 bits per heavy atom. The molecule has 126 valence electrons. The van der Waals surface area contributed by atoms with Crippen molar-refractivity contribution < 1.29 is 8.42 Å². The maximum absolute atomic E-state index is 12.5. The van der Waals surface area contributed by atoms with Crippen molar-refractivity contribution in [2.45, 2.75) is 11.8 Å². The molecule has 0 radical (unpaired) electrons. The molecule has 8 heteroatoms. The minimum atomic E-state index is -3.74. The molecular formula is C16H16ClN3O3S. The van der Waals surface area contributed by atoms with Crippen LogP contribution < -0.4 is 10.4 Å². The lowest BCUT2D eigenvalue weighted by molar-refractivity contribution is 0.601. The zero-order valence-corrected chi connectivity index (χ0v) is 14.9. The van der Waals surface area contributed by atoms with Gasteiger partial charge < -0.3 is 0 Å². The highest BCUT2D eigenvalue weighted by atomic mass is 35.5. The standard InChI is InChI=1S/C16H16ClN3O3S/c1-10-8-14-15(20(3)16(21)19(14)2)9-13(10)18-24(22,23)12-6-4-11(17)5-7-12/h4-9,18H,1-3H3. The second kappa shape index (κ2) is 5.68. The molecule has 0 bridgehead atoms. The number of rotatable bonds is 3. The van der Waals surface area contributed by atoms with Crippen molar-refractivity contribution in [2.75, 3.05) is 4.72 Å². The van der Waals surface area contributed by atoms with Gasteiger partial charge in [-0.1, -0.05) is 11.6 Å². The highest BCUT2D eigenvalue weighted by molar-refractivity contribution is 7.92. The van der Waals surface area contributed by atoms with Crippen molar-refractivity contribution in [1.29, 1.82) is 0 Å². The van der Waals surface area contributed by atoms with E-state index in [0.29, 0.717) is 16.2 Å². The second-order valence-electron chi connectivity index (χ2n) is 5.62. The molecule has 3 rings (SSSR count). The van der Waals surface area contributed by atoms with Crippen LogP contribution in [0.15, 0.2) is 46.1 Å². The minimum Gasteiger partial charge on any atom is -0.295 e. The summed E-state index contributed by atoms with van der Waals surface area (Å²) in [6.07, 6.45) is 0. The maximum Gasteiger partial charge on any atom is 0.328 e. The van der Waals surface area contributed by atoms with Crippen molar-refractivity contribution in [1.82, 2.24) is 9.13 Å². The quantitative estimate of drug-likeness (QED) is 0.775. The number of anilines is 1. The van der Waals surface area contributed by atoms with Crippen molar-refractivity contribution in [3.8, 4) is 0 Å². The van der Waals surface area contributed by atoms with Gasteiger partial charge in [-0.3, -0.25) is 13.9 Å². The Kier molecular flexibility index (Phi) is 3.93. The molecule has 0 unspecified atom stereocenters. The van der Waals surface area contributed by atoms with Crippen LogP contribution in [0.5, 0.6) is 0 Å². The number of sulfonamides is 1.